The fraction of sp³-hybridized carbons (Fsp3) is 0.312. The van der Waals surface area contributed by atoms with Gasteiger partial charge in [-0.05, 0) is 51.5 Å². The third-order valence-electron chi connectivity index (χ3n) is 2.82. The molecule has 0 spiro atoms. The highest BCUT2D eigenvalue weighted by Crippen LogP contribution is 2.20. The Kier molecular flexibility index (Phi) is 4.81. The standard InChI is InChI=1S/C16H19BrN4O/c1-10-7-11(17)5-6-12(10)20-15(22)13-8-19-14(9-18-13)21-16(2,3)4/h5-9H,1-4H3,(H,19,21)(H,20,22). The predicted molar refractivity (Wildman–Crippen MR) is 92.2 cm³/mol. The predicted octanol–water partition coefficient (Wildman–Crippen LogP) is 4.01. The molecule has 0 saturated heterocycles. The second-order valence-electron chi connectivity index (χ2n) is 6.08. The molecule has 6 heteroatoms. The minimum absolute atomic E-state index is 0.104. The van der Waals surface area contributed by atoms with Crippen LogP contribution in [0.1, 0.15) is 36.8 Å². The van der Waals surface area contributed by atoms with E-state index in [1.165, 1.54) is 6.20 Å². The molecule has 0 aliphatic heterocycles. The van der Waals surface area contributed by atoms with E-state index in [9.17, 15) is 4.79 Å². The molecular weight excluding hydrogens is 344 g/mol. The zero-order chi connectivity index (χ0) is 16.3. The monoisotopic (exact) mass is 362 g/mol. The van der Waals surface area contributed by atoms with Crippen LogP contribution in [-0.4, -0.2) is 21.4 Å². The quantitative estimate of drug-likeness (QED) is 0.865. The van der Waals surface area contributed by atoms with E-state index in [1.807, 2.05) is 45.9 Å². The highest BCUT2D eigenvalue weighted by Gasteiger charge is 2.13. The summed E-state index contributed by atoms with van der Waals surface area (Å²) in [7, 11) is 0. The summed E-state index contributed by atoms with van der Waals surface area (Å²) >= 11 is 3.40. The number of carbonyl (C=O) groups excluding carboxylic acids is 1. The first-order valence-corrected chi connectivity index (χ1v) is 7.72. The van der Waals surface area contributed by atoms with Crippen molar-refractivity contribution in [1.82, 2.24) is 9.97 Å². The van der Waals surface area contributed by atoms with Crippen LogP contribution in [0.3, 0.4) is 0 Å². The second kappa shape index (κ2) is 6.44. The van der Waals surface area contributed by atoms with Crippen LogP contribution < -0.4 is 10.6 Å². The maximum absolute atomic E-state index is 12.2. The first-order chi connectivity index (χ1) is 10.2. The van der Waals surface area contributed by atoms with Crippen molar-refractivity contribution in [2.24, 2.45) is 0 Å². The van der Waals surface area contributed by atoms with Gasteiger partial charge >= 0.3 is 0 Å². The van der Waals surface area contributed by atoms with Crippen LogP contribution in [-0.2, 0) is 0 Å². The molecular formula is C16H19BrN4O. The number of rotatable bonds is 3. The van der Waals surface area contributed by atoms with E-state index in [0.29, 0.717) is 5.82 Å². The summed E-state index contributed by atoms with van der Waals surface area (Å²) in [5.41, 5.74) is 1.91. The van der Waals surface area contributed by atoms with Crippen LogP contribution >= 0.6 is 15.9 Å². The van der Waals surface area contributed by atoms with E-state index in [2.05, 4.69) is 36.5 Å². The van der Waals surface area contributed by atoms with Crippen molar-refractivity contribution in [1.29, 1.82) is 0 Å². The number of aryl methyl sites for hydroxylation is 1. The SMILES string of the molecule is Cc1cc(Br)ccc1NC(=O)c1cnc(NC(C)(C)C)cn1. The number of nitrogens with one attached hydrogen (secondary N) is 2. The first kappa shape index (κ1) is 16.4. The first-order valence-electron chi connectivity index (χ1n) is 6.92. The summed E-state index contributed by atoms with van der Waals surface area (Å²) in [6.07, 6.45) is 3.03. The number of nitrogens with zero attached hydrogens (tertiary/aromatic N) is 2. The van der Waals surface area contributed by atoms with Gasteiger partial charge in [-0.25, -0.2) is 9.97 Å². The fourth-order valence-electron chi connectivity index (χ4n) is 1.85. The molecule has 5 nitrogen and oxygen atoms in total. The second-order valence-corrected chi connectivity index (χ2v) is 6.99. The number of amides is 1. The summed E-state index contributed by atoms with van der Waals surface area (Å²) in [5, 5.41) is 6.04. The Morgan fingerprint density at radius 1 is 1.18 bits per heavy atom. The number of carbonyl (C=O) groups is 1. The lowest BCUT2D eigenvalue weighted by atomic mass is 10.1. The molecule has 0 fully saturated rings. The Bertz CT molecular complexity index is 678. The molecule has 1 aromatic heterocycles. The smallest absolute Gasteiger partial charge is 0.275 e. The van der Waals surface area contributed by atoms with Gasteiger partial charge in [0.1, 0.15) is 11.5 Å². The molecule has 0 radical (unpaired) electrons. The highest BCUT2D eigenvalue weighted by molar-refractivity contribution is 9.10. The van der Waals surface area contributed by atoms with E-state index >= 15 is 0 Å². The fourth-order valence-corrected chi connectivity index (χ4v) is 2.32. The lowest BCUT2D eigenvalue weighted by Crippen LogP contribution is -2.27. The van der Waals surface area contributed by atoms with Crippen molar-refractivity contribution < 1.29 is 4.79 Å². The number of anilines is 2. The molecule has 1 amide bonds. The van der Waals surface area contributed by atoms with E-state index in [0.717, 1.165) is 15.7 Å². The van der Waals surface area contributed by atoms with E-state index in [1.54, 1.807) is 6.20 Å². The molecule has 0 aliphatic carbocycles. The maximum Gasteiger partial charge on any atom is 0.275 e. The van der Waals surface area contributed by atoms with Gasteiger partial charge in [-0.3, -0.25) is 4.79 Å². The molecule has 0 saturated carbocycles. The van der Waals surface area contributed by atoms with Crippen LogP contribution in [0.4, 0.5) is 11.5 Å². The molecule has 1 heterocycles. The molecule has 116 valence electrons. The van der Waals surface area contributed by atoms with Crippen molar-refractivity contribution in [3.8, 4) is 0 Å². The minimum atomic E-state index is -0.278. The normalized spacial score (nSPS) is 11.1. The van der Waals surface area contributed by atoms with Crippen molar-refractivity contribution in [3.05, 3.63) is 46.3 Å². The molecule has 0 bridgehead atoms. The molecule has 0 aliphatic rings. The van der Waals surface area contributed by atoms with Gasteiger partial charge in [0.2, 0.25) is 0 Å². The van der Waals surface area contributed by atoms with Gasteiger partial charge in [0, 0.05) is 15.7 Å². The largest absolute Gasteiger partial charge is 0.364 e. The molecule has 0 unspecified atom stereocenters. The topological polar surface area (TPSA) is 66.9 Å². The van der Waals surface area contributed by atoms with E-state index in [-0.39, 0.29) is 17.1 Å². The molecule has 2 rings (SSSR count). The summed E-state index contributed by atoms with van der Waals surface area (Å²) in [5.74, 6) is 0.365. The third-order valence-corrected chi connectivity index (χ3v) is 3.32. The number of benzene rings is 1. The Balaban J connectivity index is 2.10. The molecule has 0 atom stereocenters. The molecule has 1 aromatic carbocycles. The molecule has 2 N–H and O–H groups in total. The molecule has 22 heavy (non-hydrogen) atoms. The van der Waals surface area contributed by atoms with Gasteiger partial charge in [-0.2, -0.15) is 0 Å². The Morgan fingerprint density at radius 3 is 2.45 bits per heavy atom. The van der Waals surface area contributed by atoms with Crippen molar-refractivity contribution in [2.45, 2.75) is 33.2 Å². The summed E-state index contributed by atoms with van der Waals surface area (Å²) in [6, 6.07) is 5.67. The summed E-state index contributed by atoms with van der Waals surface area (Å²) in [4.78, 5) is 20.6. The lowest BCUT2D eigenvalue weighted by molar-refractivity contribution is 0.102. The molecule has 2 aromatic rings. The van der Waals surface area contributed by atoms with Crippen LogP contribution in [0.25, 0.3) is 0 Å². The number of aromatic nitrogens is 2. The Labute approximate surface area is 138 Å². The van der Waals surface area contributed by atoms with Crippen molar-refractivity contribution >= 4 is 33.3 Å². The van der Waals surface area contributed by atoms with Crippen LogP contribution in [0, 0.1) is 6.92 Å². The van der Waals surface area contributed by atoms with Gasteiger partial charge in [0.05, 0.1) is 12.4 Å². The van der Waals surface area contributed by atoms with Gasteiger partial charge in [0.25, 0.3) is 5.91 Å². The summed E-state index contributed by atoms with van der Waals surface area (Å²) in [6.45, 7) is 8.03. The van der Waals surface area contributed by atoms with Gasteiger partial charge in [-0.15, -0.1) is 0 Å². The van der Waals surface area contributed by atoms with Gasteiger partial charge in [-0.1, -0.05) is 15.9 Å². The number of hydrogen-bond acceptors (Lipinski definition) is 4. The third kappa shape index (κ3) is 4.53. The summed E-state index contributed by atoms with van der Waals surface area (Å²) < 4.78 is 0.973. The Morgan fingerprint density at radius 2 is 1.91 bits per heavy atom. The van der Waals surface area contributed by atoms with Crippen molar-refractivity contribution in [3.63, 3.8) is 0 Å². The van der Waals surface area contributed by atoms with Crippen LogP contribution in [0.5, 0.6) is 0 Å². The maximum atomic E-state index is 12.2. The van der Waals surface area contributed by atoms with Crippen LogP contribution in [0.15, 0.2) is 35.1 Å². The Hall–Kier alpha value is -1.95. The highest BCUT2D eigenvalue weighted by atomic mass is 79.9. The zero-order valence-electron chi connectivity index (χ0n) is 13.1. The van der Waals surface area contributed by atoms with Gasteiger partial charge < -0.3 is 10.6 Å². The van der Waals surface area contributed by atoms with E-state index < -0.39 is 0 Å². The lowest BCUT2D eigenvalue weighted by Gasteiger charge is -2.20. The van der Waals surface area contributed by atoms with Gasteiger partial charge in [0.15, 0.2) is 0 Å². The zero-order valence-corrected chi connectivity index (χ0v) is 14.7. The van der Waals surface area contributed by atoms with Crippen LogP contribution in [0.2, 0.25) is 0 Å². The minimum Gasteiger partial charge on any atom is -0.364 e. The number of halogens is 1. The average Bonchev–Trinajstić information content (AvgIpc) is 2.41. The van der Waals surface area contributed by atoms with E-state index in [4.69, 9.17) is 0 Å². The number of hydrogen-bond donors (Lipinski definition) is 2. The average molecular weight is 363 g/mol. The van der Waals surface area contributed by atoms with Crippen molar-refractivity contribution in [2.75, 3.05) is 10.6 Å².